The zero-order chi connectivity index (χ0) is 20.6. The van der Waals surface area contributed by atoms with Gasteiger partial charge >= 0.3 is 0 Å². The number of rotatable bonds is 3. The van der Waals surface area contributed by atoms with E-state index in [-0.39, 0.29) is 11.7 Å². The Hall–Kier alpha value is -3.02. The summed E-state index contributed by atoms with van der Waals surface area (Å²) >= 11 is 0. The Balaban J connectivity index is 1.46. The van der Waals surface area contributed by atoms with Gasteiger partial charge in [0, 0.05) is 57.3 Å². The van der Waals surface area contributed by atoms with Crippen LogP contribution in [0.3, 0.4) is 0 Å². The van der Waals surface area contributed by atoms with Gasteiger partial charge in [-0.15, -0.1) is 0 Å². The van der Waals surface area contributed by atoms with Crippen molar-refractivity contribution in [3.05, 3.63) is 53.6 Å². The molecule has 0 saturated carbocycles. The molecular weight excluding hydrogens is 368 g/mol. The first-order valence-electron chi connectivity index (χ1n) is 9.88. The van der Waals surface area contributed by atoms with Crippen molar-refractivity contribution in [2.24, 2.45) is 0 Å². The quantitative estimate of drug-likeness (QED) is 0.799. The van der Waals surface area contributed by atoms with Crippen molar-refractivity contribution in [1.29, 1.82) is 0 Å². The fraction of sp³-hybridized carbons (Fsp3) is 0.391. The van der Waals surface area contributed by atoms with Crippen molar-refractivity contribution in [2.45, 2.75) is 24.9 Å². The van der Waals surface area contributed by atoms with Crippen LogP contribution in [0.25, 0.3) is 0 Å². The second-order valence-electron chi connectivity index (χ2n) is 7.98. The fourth-order valence-electron chi connectivity index (χ4n) is 4.08. The standard InChI is InChI=1S/C23H26N2O4/c1-24(2)17-6-4-16(5-7-17)22(27)25-12-10-23(11-13-25)15-20(26)19-9-8-18(28-3)14-21(19)29-23/h4-9,14H,10-13,15H2,1-3H3. The Bertz CT molecular complexity index is 928. The summed E-state index contributed by atoms with van der Waals surface area (Å²) in [5, 5.41) is 0. The first-order chi connectivity index (χ1) is 13.9. The number of nitrogens with zero attached hydrogens (tertiary/aromatic N) is 2. The molecule has 4 rings (SSSR count). The van der Waals surface area contributed by atoms with Crippen LogP contribution in [-0.2, 0) is 0 Å². The number of methoxy groups -OCH3 is 1. The summed E-state index contributed by atoms with van der Waals surface area (Å²) in [5.41, 5.74) is 1.81. The van der Waals surface area contributed by atoms with Crippen LogP contribution < -0.4 is 14.4 Å². The van der Waals surface area contributed by atoms with E-state index in [0.29, 0.717) is 55.0 Å². The highest BCUT2D eigenvalue weighted by Gasteiger charge is 2.43. The van der Waals surface area contributed by atoms with E-state index in [0.717, 1.165) is 5.69 Å². The molecule has 0 atom stereocenters. The number of amides is 1. The molecule has 0 unspecified atom stereocenters. The van der Waals surface area contributed by atoms with E-state index in [1.54, 1.807) is 25.3 Å². The van der Waals surface area contributed by atoms with Gasteiger partial charge in [0.1, 0.15) is 17.1 Å². The minimum atomic E-state index is -0.540. The molecular formula is C23H26N2O4. The van der Waals surface area contributed by atoms with Gasteiger partial charge in [0.05, 0.1) is 19.1 Å². The second kappa shape index (κ2) is 7.43. The van der Waals surface area contributed by atoms with Crippen LogP contribution in [0.5, 0.6) is 11.5 Å². The van der Waals surface area contributed by atoms with Crippen LogP contribution in [0.4, 0.5) is 5.69 Å². The van der Waals surface area contributed by atoms with Crippen LogP contribution in [0.2, 0.25) is 0 Å². The van der Waals surface area contributed by atoms with E-state index in [1.807, 2.05) is 48.2 Å². The van der Waals surface area contributed by atoms with E-state index < -0.39 is 5.60 Å². The van der Waals surface area contributed by atoms with Crippen LogP contribution in [0.15, 0.2) is 42.5 Å². The van der Waals surface area contributed by atoms with Gasteiger partial charge in [-0.3, -0.25) is 9.59 Å². The maximum Gasteiger partial charge on any atom is 0.253 e. The molecule has 6 nitrogen and oxygen atoms in total. The predicted molar refractivity (Wildman–Crippen MR) is 111 cm³/mol. The maximum atomic E-state index is 12.9. The summed E-state index contributed by atoms with van der Waals surface area (Å²) in [6, 6.07) is 13.0. The molecule has 1 fully saturated rings. The third-order valence-electron chi connectivity index (χ3n) is 5.89. The molecule has 0 bridgehead atoms. The normalized spacial score (nSPS) is 17.5. The minimum absolute atomic E-state index is 0.0226. The lowest BCUT2D eigenvalue weighted by Gasteiger charge is -2.44. The van der Waals surface area contributed by atoms with Gasteiger partial charge in [-0.05, 0) is 36.4 Å². The molecule has 2 aliphatic heterocycles. The molecule has 1 spiro atoms. The number of benzene rings is 2. The lowest BCUT2D eigenvalue weighted by molar-refractivity contribution is -0.00580. The first kappa shape index (κ1) is 19.3. The topological polar surface area (TPSA) is 59.1 Å². The van der Waals surface area contributed by atoms with E-state index >= 15 is 0 Å². The van der Waals surface area contributed by atoms with Gasteiger partial charge in [-0.25, -0.2) is 0 Å². The predicted octanol–water partition coefficient (Wildman–Crippen LogP) is 3.40. The van der Waals surface area contributed by atoms with Crippen LogP contribution >= 0.6 is 0 Å². The van der Waals surface area contributed by atoms with E-state index in [9.17, 15) is 9.59 Å². The largest absolute Gasteiger partial charge is 0.497 e. The summed E-state index contributed by atoms with van der Waals surface area (Å²) in [5.74, 6) is 1.37. The highest BCUT2D eigenvalue weighted by atomic mass is 16.5. The number of hydrogen-bond donors (Lipinski definition) is 0. The zero-order valence-electron chi connectivity index (χ0n) is 17.1. The van der Waals surface area contributed by atoms with Crippen molar-refractivity contribution >= 4 is 17.4 Å². The summed E-state index contributed by atoms with van der Waals surface area (Å²) in [6.45, 7) is 1.14. The number of fused-ring (bicyclic) bond motifs is 1. The van der Waals surface area contributed by atoms with Gasteiger partial charge in [-0.1, -0.05) is 0 Å². The summed E-state index contributed by atoms with van der Waals surface area (Å²) in [4.78, 5) is 29.4. The summed E-state index contributed by atoms with van der Waals surface area (Å²) in [6.07, 6.45) is 1.62. The molecule has 0 aromatic heterocycles. The molecule has 2 aromatic carbocycles. The highest BCUT2D eigenvalue weighted by Crippen LogP contribution is 2.41. The van der Waals surface area contributed by atoms with Crippen LogP contribution in [-0.4, -0.2) is 56.5 Å². The highest BCUT2D eigenvalue weighted by molar-refractivity contribution is 6.00. The third kappa shape index (κ3) is 3.67. The molecule has 1 saturated heterocycles. The Kier molecular flexibility index (Phi) is 4.94. The molecule has 2 aromatic rings. The van der Waals surface area contributed by atoms with E-state index in [2.05, 4.69) is 0 Å². The average Bonchev–Trinajstić information content (AvgIpc) is 2.73. The average molecular weight is 394 g/mol. The smallest absolute Gasteiger partial charge is 0.253 e. The Morgan fingerprint density at radius 2 is 1.79 bits per heavy atom. The van der Waals surface area contributed by atoms with Gasteiger partial charge in [-0.2, -0.15) is 0 Å². The SMILES string of the molecule is COc1ccc2c(c1)OC1(CCN(C(=O)c3ccc(N(C)C)cc3)CC1)CC2=O. The molecule has 29 heavy (non-hydrogen) atoms. The molecule has 2 aliphatic rings. The number of carbonyl (C=O) groups is 2. The molecule has 0 radical (unpaired) electrons. The maximum absolute atomic E-state index is 12.9. The summed E-state index contributed by atoms with van der Waals surface area (Å²) < 4.78 is 11.6. The number of carbonyl (C=O) groups excluding carboxylic acids is 2. The molecule has 0 N–H and O–H groups in total. The minimum Gasteiger partial charge on any atom is -0.497 e. The van der Waals surface area contributed by atoms with Crippen LogP contribution in [0, 0.1) is 0 Å². The van der Waals surface area contributed by atoms with Gasteiger partial charge in [0.25, 0.3) is 5.91 Å². The Morgan fingerprint density at radius 3 is 2.41 bits per heavy atom. The monoisotopic (exact) mass is 394 g/mol. The number of anilines is 1. The lowest BCUT2D eigenvalue weighted by atomic mass is 9.82. The third-order valence-corrected chi connectivity index (χ3v) is 5.89. The first-order valence-corrected chi connectivity index (χ1v) is 9.88. The number of ether oxygens (including phenoxy) is 2. The number of piperidine rings is 1. The zero-order valence-corrected chi connectivity index (χ0v) is 17.1. The lowest BCUT2D eigenvalue weighted by Crippen LogP contribution is -2.52. The number of hydrogen-bond acceptors (Lipinski definition) is 5. The van der Waals surface area contributed by atoms with Crippen molar-refractivity contribution < 1.29 is 19.1 Å². The van der Waals surface area contributed by atoms with Gasteiger partial charge < -0.3 is 19.3 Å². The molecule has 6 heteroatoms. The van der Waals surface area contributed by atoms with Crippen molar-refractivity contribution in [3.8, 4) is 11.5 Å². The van der Waals surface area contributed by atoms with Gasteiger partial charge in [0.15, 0.2) is 5.78 Å². The Morgan fingerprint density at radius 1 is 1.10 bits per heavy atom. The molecule has 2 heterocycles. The van der Waals surface area contributed by atoms with Crippen molar-refractivity contribution in [1.82, 2.24) is 4.90 Å². The van der Waals surface area contributed by atoms with Crippen molar-refractivity contribution in [3.63, 3.8) is 0 Å². The number of ketones is 1. The Labute approximate surface area is 171 Å². The number of Topliss-reactive ketones (excluding diaryl/α,β-unsaturated/α-hetero) is 1. The van der Waals surface area contributed by atoms with Crippen LogP contribution in [0.1, 0.15) is 40.0 Å². The van der Waals surface area contributed by atoms with Crippen molar-refractivity contribution in [2.75, 3.05) is 39.2 Å². The summed E-state index contributed by atoms with van der Waals surface area (Å²) in [7, 11) is 5.54. The van der Waals surface area contributed by atoms with E-state index in [1.165, 1.54) is 0 Å². The second-order valence-corrected chi connectivity index (χ2v) is 7.98. The fourth-order valence-corrected chi connectivity index (χ4v) is 4.08. The van der Waals surface area contributed by atoms with E-state index in [4.69, 9.17) is 9.47 Å². The molecule has 0 aliphatic carbocycles. The molecule has 152 valence electrons. The van der Waals surface area contributed by atoms with Gasteiger partial charge in [0.2, 0.25) is 0 Å². The number of likely N-dealkylation sites (tertiary alicyclic amines) is 1. The molecule has 1 amide bonds.